The van der Waals surface area contributed by atoms with Gasteiger partial charge in [0.05, 0.1) is 10.6 Å². The van der Waals surface area contributed by atoms with Crippen LogP contribution in [0.3, 0.4) is 0 Å². The number of amides is 1. The first-order valence-electron chi connectivity index (χ1n) is 6.13. The molecule has 4 heteroatoms. The lowest BCUT2D eigenvalue weighted by Gasteiger charge is -2.09. The summed E-state index contributed by atoms with van der Waals surface area (Å²) < 4.78 is 0. The monoisotopic (exact) mass is 274 g/mol. The Hall–Kier alpha value is -1.87. The molecule has 0 saturated carbocycles. The molecule has 0 aliphatic rings. The number of carbonyl (C=O) groups excluding carboxylic acids is 1. The van der Waals surface area contributed by atoms with E-state index in [4.69, 9.17) is 11.6 Å². The Morgan fingerprint density at radius 3 is 2.79 bits per heavy atom. The summed E-state index contributed by atoms with van der Waals surface area (Å²) in [5.74, 6) is -0.182. The standard InChI is InChI=1S/C15H15ClN2O/c1-3-14-11(5-4-8-18-14)10-6-7-12(13(16)9-10)15(19)17-2/h4-9H,3H2,1-2H3,(H,17,19). The summed E-state index contributed by atoms with van der Waals surface area (Å²) in [5.41, 5.74) is 3.53. The Kier molecular flexibility index (Phi) is 4.17. The van der Waals surface area contributed by atoms with Crippen LogP contribution in [0.5, 0.6) is 0 Å². The molecule has 0 aliphatic heterocycles. The van der Waals surface area contributed by atoms with E-state index in [1.165, 1.54) is 0 Å². The summed E-state index contributed by atoms with van der Waals surface area (Å²) in [4.78, 5) is 16.0. The molecule has 0 unspecified atom stereocenters. The first-order chi connectivity index (χ1) is 9.17. The van der Waals surface area contributed by atoms with Crippen LogP contribution in [0.25, 0.3) is 11.1 Å². The van der Waals surface area contributed by atoms with Gasteiger partial charge in [-0.2, -0.15) is 0 Å². The summed E-state index contributed by atoms with van der Waals surface area (Å²) in [6.07, 6.45) is 2.63. The van der Waals surface area contributed by atoms with E-state index in [-0.39, 0.29) is 5.91 Å². The van der Waals surface area contributed by atoms with Gasteiger partial charge in [0.15, 0.2) is 0 Å². The van der Waals surface area contributed by atoms with Crippen LogP contribution in [0.2, 0.25) is 5.02 Å². The predicted octanol–water partition coefficient (Wildman–Crippen LogP) is 3.32. The highest BCUT2D eigenvalue weighted by Gasteiger charge is 2.11. The first-order valence-corrected chi connectivity index (χ1v) is 6.51. The third kappa shape index (κ3) is 2.76. The summed E-state index contributed by atoms with van der Waals surface area (Å²) in [7, 11) is 1.59. The van der Waals surface area contributed by atoms with Crippen molar-refractivity contribution >= 4 is 17.5 Å². The molecule has 98 valence electrons. The molecule has 0 radical (unpaired) electrons. The number of aromatic nitrogens is 1. The van der Waals surface area contributed by atoms with Gasteiger partial charge in [0.2, 0.25) is 0 Å². The second-order valence-corrected chi connectivity index (χ2v) is 4.53. The summed E-state index contributed by atoms with van der Waals surface area (Å²) in [6, 6.07) is 9.35. The fourth-order valence-electron chi connectivity index (χ4n) is 1.98. The molecule has 1 N–H and O–H groups in total. The van der Waals surface area contributed by atoms with Crippen molar-refractivity contribution in [3.63, 3.8) is 0 Å². The highest BCUT2D eigenvalue weighted by molar-refractivity contribution is 6.34. The summed E-state index contributed by atoms with van der Waals surface area (Å²) in [5, 5.41) is 3.02. The molecule has 2 rings (SSSR count). The SMILES string of the molecule is CCc1ncccc1-c1ccc(C(=O)NC)c(Cl)c1. The molecule has 0 aliphatic carbocycles. The van der Waals surface area contributed by atoms with Crippen molar-refractivity contribution < 1.29 is 4.79 Å². The number of nitrogens with zero attached hydrogens (tertiary/aromatic N) is 1. The molecular formula is C15H15ClN2O. The van der Waals surface area contributed by atoms with Crippen LogP contribution in [0.15, 0.2) is 36.5 Å². The zero-order valence-electron chi connectivity index (χ0n) is 10.9. The lowest BCUT2D eigenvalue weighted by molar-refractivity contribution is 0.0963. The number of hydrogen-bond donors (Lipinski definition) is 1. The molecule has 2 aromatic rings. The van der Waals surface area contributed by atoms with Crippen molar-refractivity contribution in [3.05, 3.63) is 52.8 Å². The molecular weight excluding hydrogens is 260 g/mol. The number of carbonyl (C=O) groups is 1. The molecule has 1 aromatic carbocycles. The second kappa shape index (κ2) is 5.85. The van der Waals surface area contributed by atoms with Crippen LogP contribution in [0, 0.1) is 0 Å². The van der Waals surface area contributed by atoms with Gasteiger partial charge in [-0.05, 0) is 30.2 Å². The van der Waals surface area contributed by atoms with Gasteiger partial charge >= 0.3 is 0 Å². The van der Waals surface area contributed by atoms with Crippen LogP contribution >= 0.6 is 11.6 Å². The molecule has 0 bridgehead atoms. The Morgan fingerprint density at radius 2 is 2.16 bits per heavy atom. The smallest absolute Gasteiger partial charge is 0.252 e. The molecule has 0 fully saturated rings. The van der Waals surface area contributed by atoms with Gasteiger partial charge in [0, 0.05) is 24.5 Å². The second-order valence-electron chi connectivity index (χ2n) is 4.12. The average molecular weight is 275 g/mol. The molecule has 19 heavy (non-hydrogen) atoms. The number of pyridine rings is 1. The van der Waals surface area contributed by atoms with E-state index in [0.717, 1.165) is 23.2 Å². The van der Waals surface area contributed by atoms with E-state index in [1.807, 2.05) is 24.3 Å². The van der Waals surface area contributed by atoms with E-state index in [0.29, 0.717) is 10.6 Å². The van der Waals surface area contributed by atoms with Crippen molar-refractivity contribution in [2.24, 2.45) is 0 Å². The molecule has 0 atom stereocenters. The fourth-order valence-corrected chi connectivity index (χ4v) is 2.25. The van der Waals surface area contributed by atoms with Crippen molar-refractivity contribution in [1.82, 2.24) is 10.3 Å². The zero-order valence-corrected chi connectivity index (χ0v) is 11.7. The summed E-state index contributed by atoms with van der Waals surface area (Å²) >= 11 is 6.17. The quantitative estimate of drug-likeness (QED) is 0.933. The molecule has 1 amide bonds. The van der Waals surface area contributed by atoms with E-state index in [2.05, 4.69) is 17.2 Å². The lowest BCUT2D eigenvalue weighted by Crippen LogP contribution is -2.18. The Bertz CT molecular complexity index is 611. The number of hydrogen-bond acceptors (Lipinski definition) is 2. The predicted molar refractivity (Wildman–Crippen MR) is 77.5 cm³/mol. The largest absolute Gasteiger partial charge is 0.355 e. The maximum atomic E-state index is 11.6. The van der Waals surface area contributed by atoms with Crippen LogP contribution < -0.4 is 5.32 Å². The zero-order chi connectivity index (χ0) is 13.8. The van der Waals surface area contributed by atoms with Crippen molar-refractivity contribution in [1.29, 1.82) is 0 Å². The number of aryl methyl sites for hydroxylation is 1. The van der Waals surface area contributed by atoms with E-state index < -0.39 is 0 Å². The minimum Gasteiger partial charge on any atom is -0.355 e. The van der Waals surface area contributed by atoms with E-state index in [1.54, 1.807) is 19.3 Å². The van der Waals surface area contributed by atoms with Crippen LogP contribution in [-0.4, -0.2) is 17.9 Å². The van der Waals surface area contributed by atoms with E-state index >= 15 is 0 Å². The highest BCUT2D eigenvalue weighted by Crippen LogP contribution is 2.27. The van der Waals surface area contributed by atoms with Crippen LogP contribution in [-0.2, 0) is 6.42 Å². The number of rotatable bonds is 3. The number of halogens is 1. The highest BCUT2D eigenvalue weighted by atomic mass is 35.5. The third-order valence-corrected chi connectivity index (χ3v) is 3.29. The number of benzene rings is 1. The minimum atomic E-state index is -0.182. The van der Waals surface area contributed by atoms with Crippen molar-refractivity contribution in [3.8, 4) is 11.1 Å². The van der Waals surface area contributed by atoms with Gasteiger partial charge in [-0.15, -0.1) is 0 Å². The molecule has 1 aromatic heterocycles. The van der Waals surface area contributed by atoms with Gasteiger partial charge in [-0.1, -0.05) is 30.7 Å². The average Bonchev–Trinajstić information content (AvgIpc) is 2.46. The van der Waals surface area contributed by atoms with Gasteiger partial charge in [0.25, 0.3) is 5.91 Å². The van der Waals surface area contributed by atoms with E-state index in [9.17, 15) is 4.79 Å². The Labute approximate surface area is 117 Å². The maximum absolute atomic E-state index is 11.6. The fraction of sp³-hybridized carbons (Fsp3) is 0.200. The molecule has 0 spiro atoms. The lowest BCUT2D eigenvalue weighted by atomic mass is 10.0. The van der Waals surface area contributed by atoms with Gasteiger partial charge in [-0.3, -0.25) is 9.78 Å². The minimum absolute atomic E-state index is 0.182. The first kappa shape index (κ1) is 13.6. The van der Waals surface area contributed by atoms with Gasteiger partial charge in [-0.25, -0.2) is 0 Å². The van der Waals surface area contributed by atoms with Crippen LogP contribution in [0.1, 0.15) is 23.0 Å². The Morgan fingerprint density at radius 1 is 1.37 bits per heavy atom. The normalized spacial score (nSPS) is 10.3. The topological polar surface area (TPSA) is 42.0 Å². The molecule has 3 nitrogen and oxygen atoms in total. The third-order valence-electron chi connectivity index (χ3n) is 2.98. The van der Waals surface area contributed by atoms with Gasteiger partial charge in [0.1, 0.15) is 0 Å². The molecule has 0 saturated heterocycles. The molecule has 1 heterocycles. The summed E-state index contributed by atoms with van der Waals surface area (Å²) in [6.45, 7) is 2.06. The van der Waals surface area contributed by atoms with Gasteiger partial charge < -0.3 is 5.32 Å². The number of nitrogens with one attached hydrogen (secondary N) is 1. The van der Waals surface area contributed by atoms with Crippen LogP contribution in [0.4, 0.5) is 0 Å². The maximum Gasteiger partial charge on any atom is 0.252 e. The van der Waals surface area contributed by atoms with Crippen molar-refractivity contribution in [2.75, 3.05) is 7.05 Å². The Balaban J connectivity index is 2.47. The van der Waals surface area contributed by atoms with Crippen molar-refractivity contribution in [2.45, 2.75) is 13.3 Å².